The number of nitrogens with two attached hydrogens (primary N) is 1. The second-order valence-electron chi connectivity index (χ2n) is 4.11. The fourth-order valence-corrected chi connectivity index (χ4v) is 1.74. The zero-order valence-corrected chi connectivity index (χ0v) is 8.46. The maximum atomic E-state index is 5.81. The van der Waals surface area contributed by atoms with Gasteiger partial charge in [-0.25, -0.2) is 0 Å². The Morgan fingerprint density at radius 2 is 2.25 bits per heavy atom. The Morgan fingerprint density at radius 1 is 1.67 bits per heavy atom. The molecule has 0 aromatic heterocycles. The van der Waals surface area contributed by atoms with Gasteiger partial charge in [-0.15, -0.1) is 0 Å². The van der Waals surface area contributed by atoms with Crippen molar-refractivity contribution in [1.29, 1.82) is 0 Å². The van der Waals surface area contributed by atoms with E-state index in [1.54, 1.807) is 0 Å². The fraction of sp³-hybridized carbons (Fsp3) is 0.889. The van der Waals surface area contributed by atoms with Crippen molar-refractivity contribution in [1.82, 2.24) is 4.90 Å². The maximum absolute atomic E-state index is 5.81. The number of rotatable bonds is 2. The molecule has 1 aliphatic heterocycles. The van der Waals surface area contributed by atoms with Crippen molar-refractivity contribution < 1.29 is 0 Å². The van der Waals surface area contributed by atoms with E-state index < -0.39 is 0 Å². The Bertz CT molecular complexity index is 196. The van der Waals surface area contributed by atoms with Gasteiger partial charge in [0, 0.05) is 6.04 Å². The molecule has 2 N–H and O–H groups in total. The summed E-state index contributed by atoms with van der Waals surface area (Å²) in [6.45, 7) is 9.55. The molecule has 0 amide bonds. The van der Waals surface area contributed by atoms with Gasteiger partial charge in [0.2, 0.25) is 0 Å². The van der Waals surface area contributed by atoms with Crippen molar-refractivity contribution in [3.8, 4) is 0 Å². The average Bonchev–Trinajstić information content (AvgIpc) is 2.25. The van der Waals surface area contributed by atoms with E-state index in [1.807, 2.05) is 0 Å². The molecule has 1 unspecified atom stereocenters. The lowest BCUT2D eigenvalue weighted by molar-refractivity contribution is 0.189. The molecule has 0 aromatic rings. The highest BCUT2D eigenvalue weighted by Gasteiger charge is 2.35. The van der Waals surface area contributed by atoms with Gasteiger partial charge in [0.15, 0.2) is 5.96 Å². The van der Waals surface area contributed by atoms with Crippen molar-refractivity contribution in [2.45, 2.75) is 45.7 Å². The van der Waals surface area contributed by atoms with E-state index in [0.29, 0.717) is 12.0 Å². The zero-order valence-electron chi connectivity index (χ0n) is 8.46. The summed E-state index contributed by atoms with van der Waals surface area (Å²) < 4.78 is 0. The van der Waals surface area contributed by atoms with E-state index in [1.165, 1.54) is 0 Å². The maximum Gasteiger partial charge on any atom is 0.192 e. The van der Waals surface area contributed by atoms with E-state index in [9.17, 15) is 0 Å². The van der Waals surface area contributed by atoms with Gasteiger partial charge in [0.1, 0.15) is 0 Å². The normalized spacial score (nSPS) is 24.0. The smallest absolute Gasteiger partial charge is 0.192 e. The number of aliphatic imine (C=N–C) groups is 1. The molecule has 1 rings (SSSR count). The molecule has 0 saturated carbocycles. The predicted molar refractivity (Wildman–Crippen MR) is 52.2 cm³/mol. The molecule has 70 valence electrons. The number of hydrogen-bond donors (Lipinski definition) is 1. The molecule has 1 atom stereocenters. The molecule has 0 bridgehead atoms. The molecule has 3 nitrogen and oxygen atoms in total. The summed E-state index contributed by atoms with van der Waals surface area (Å²) in [6.07, 6.45) is 1.11. The Hall–Kier alpha value is -0.730. The number of guanidine groups is 1. The second-order valence-corrected chi connectivity index (χ2v) is 4.11. The molecule has 0 saturated heterocycles. The lowest BCUT2D eigenvalue weighted by Crippen LogP contribution is -2.51. The Balaban J connectivity index is 2.78. The molecule has 12 heavy (non-hydrogen) atoms. The summed E-state index contributed by atoms with van der Waals surface area (Å²) in [5, 5.41) is 0. The van der Waals surface area contributed by atoms with Gasteiger partial charge in [-0.1, -0.05) is 6.92 Å². The van der Waals surface area contributed by atoms with Gasteiger partial charge >= 0.3 is 0 Å². The first kappa shape index (κ1) is 9.36. The molecule has 0 radical (unpaired) electrons. The van der Waals surface area contributed by atoms with E-state index >= 15 is 0 Å². The third-order valence-electron chi connectivity index (χ3n) is 2.56. The predicted octanol–water partition coefficient (Wildman–Crippen LogP) is 1.19. The highest BCUT2D eigenvalue weighted by molar-refractivity contribution is 5.81. The van der Waals surface area contributed by atoms with Crippen LogP contribution in [0.5, 0.6) is 0 Å². The van der Waals surface area contributed by atoms with E-state index in [0.717, 1.165) is 13.0 Å². The van der Waals surface area contributed by atoms with Crippen LogP contribution in [-0.2, 0) is 0 Å². The molecule has 0 spiro atoms. The summed E-state index contributed by atoms with van der Waals surface area (Å²) >= 11 is 0. The van der Waals surface area contributed by atoms with Gasteiger partial charge < -0.3 is 10.6 Å². The lowest BCUT2D eigenvalue weighted by Gasteiger charge is -2.37. The summed E-state index contributed by atoms with van der Waals surface area (Å²) in [5.74, 6) is 0.703. The van der Waals surface area contributed by atoms with Crippen molar-refractivity contribution in [2.75, 3.05) is 6.54 Å². The van der Waals surface area contributed by atoms with E-state index in [4.69, 9.17) is 5.73 Å². The summed E-state index contributed by atoms with van der Waals surface area (Å²) in [4.78, 5) is 6.48. The van der Waals surface area contributed by atoms with Crippen LogP contribution in [0.1, 0.15) is 34.1 Å². The van der Waals surface area contributed by atoms with Crippen LogP contribution in [0.2, 0.25) is 0 Å². The van der Waals surface area contributed by atoms with Gasteiger partial charge in [-0.05, 0) is 27.2 Å². The van der Waals surface area contributed by atoms with Crippen molar-refractivity contribution in [3.05, 3.63) is 0 Å². The van der Waals surface area contributed by atoms with Crippen LogP contribution in [0.4, 0.5) is 0 Å². The van der Waals surface area contributed by atoms with Crippen LogP contribution in [-0.4, -0.2) is 29.0 Å². The highest BCUT2D eigenvalue weighted by atomic mass is 15.4. The quantitative estimate of drug-likeness (QED) is 0.674. The Kier molecular flexibility index (Phi) is 2.31. The Labute approximate surface area is 74.6 Å². The van der Waals surface area contributed by atoms with Crippen molar-refractivity contribution in [2.24, 2.45) is 10.7 Å². The molecular formula is C9H19N3. The largest absolute Gasteiger partial charge is 0.370 e. The number of hydrogen-bond acceptors (Lipinski definition) is 3. The van der Waals surface area contributed by atoms with Gasteiger partial charge in [-0.3, -0.25) is 4.99 Å². The van der Waals surface area contributed by atoms with Crippen LogP contribution in [0.3, 0.4) is 0 Å². The minimum absolute atomic E-state index is 0.111. The molecule has 0 fully saturated rings. The van der Waals surface area contributed by atoms with Crippen LogP contribution in [0.15, 0.2) is 4.99 Å². The molecular weight excluding hydrogens is 150 g/mol. The molecule has 1 heterocycles. The standard InChI is InChI=1S/C9H19N3/c1-5-7(2)12-8(10)11-6-9(12,3)4/h7H,5-6H2,1-4H3,(H2,10,11). The van der Waals surface area contributed by atoms with Crippen LogP contribution in [0, 0.1) is 0 Å². The van der Waals surface area contributed by atoms with Crippen LogP contribution >= 0.6 is 0 Å². The third kappa shape index (κ3) is 1.40. The molecule has 0 aliphatic carbocycles. The second kappa shape index (κ2) is 2.96. The minimum atomic E-state index is 0.111. The monoisotopic (exact) mass is 169 g/mol. The van der Waals surface area contributed by atoms with Crippen molar-refractivity contribution in [3.63, 3.8) is 0 Å². The van der Waals surface area contributed by atoms with Crippen LogP contribution in [0.25, 0.3) is 0 Å². The third-order valence-corrected chi connectivity index (χ3v) is 2.56. The Morgan fingerprint density at radius 3 is 2.58 bits per heavy atom. The summed E-state index contributed by atoms with van der Waals surface area (Å²) in [5.41, 5.74) is 5.92. The SMILES string of the molecule is CCC(C)N1C(N)=NCC1(C)C. The first-order valence-corrected chi connectivity index (χ1v) is 4.58. The molecule has 3 heteroatoms. The topological polar surface area (TPSA) is 41.6 Å². The molecule has 0 aromatic carbocycles. The van der Waals surface area contributed by atoms with E-state index in [2.05, 4.69) is 37.6 Å². The van der Waals surface area contributed by atoms with Gasteiger partial charge in [0.25, 0.3) is 0 Å². The van der Waals surface area contributed by atoms with Crippen LogP contribution < -0.4 is 5.73 Å². The lowest BCUT2D eigenvalue weighted by atomic mass is 10.0. The first-order valence-electron chi connectivity index (χ1n) is 4.58. The van der Waals surface area contributed by atoms with E-state index in [-0.39, 0.29) is 5.54 Å². The summed E-state index contributed by atoms with van der Waals surface area (Å²) in [6, 6.07) is 0.492. The molecule has 1 aliphatic rings. The zero-order chi connectivity index (χ0) is 9.35. The van der Waals surface area contributed by atoms with Crippen molar-refractivity contribution >= 4 is 5.96 Å². The minimum Gasteiger partial charge on any atom is -0.370 e. The summed E-state index contributed by atoms with van der Waals surface area (Å²) in [7, 11) is 0. The number of nitrogens with zero attached hydrogens (tertiary/aromatic N) is 2. The highest BCUT2D eigenvalue weighted by Crippen LogP contribution is 2.24. The van der Waals surface area contributed by atoms with Gasteiger partial charge in [0.05, 0.1) is 12.1 Å². The fourth-order valence-electron chi connectivity index (χ4n) is 1.74. The van der Waals surface area contributed by atoms with Gasteiger partial charge in [-0.2, -0.15) is 0 Å². The average molecular weight is 169 g/mol. The first-order chi connectivity index (χ1) is 5.49.